The van der Waals surface area contributed by atoms with Crippen LogP contribution in [0.5, 0.6) is 0 Å². The summed E-state index contributed by atoms with van der Waals surface area (Å²) < 4.78 is 14.2. The molecular formula is C15H17FN2O3. The molecule has 0 saturated heterocycles. The van der Waals surface area contributed by atoms with Crippen LogP contribution in [0.15, 0.2) is 17.1 Å². The number of hydrogen-bond acceptors (Lipinski definition) is 3. The molecule has 112 valence electrons. The van der Waals surface area contributed by atoms with Gasteiger partial charge in [0.05, 0.1) is 11.1 Å². The largest absolute Gasteiger partial charge is 0.478 e. The highest BCUT2D eigenvalue weighted by Gasteiger charge is 2.43. The standard InChI is InChI=1S/C15H17FN2O3/c1-7(2)15(4)14(21)17-12(18-15)11-9(13(19)20)5-8(3)6-10(11)16/h5-7H,1-4H3,(H,19,20)(H,17,18,21). The lowest BCUT2D eigenvalue weighted by molar-refractivity contribution is -0.124. The molecular weight excluding hydrogens is 275 g/mol. The quantitative estimate of drug-likeness (QED) is 0.895. The first-order chi connectivity index (χ1) is 9.66. The van der Waals surface area contributed by atoms with Gasteiger partial charge in [-0.1, -0.05) is 13.8 Å². The van der Waals surface area contributed by atoms with E-state index in [2.05, 4.69) is 10.3 Å². The van der Waals surface area contributed by atoms with Crippen LogP contribution in [0.4, 0.5) is 4.39 Å². The molecule has 6 heteroatoms. The van der Waals surface area contributed by atoms with Crippen LogP contribution in [-0.2, 0) is 4.79 Å². The summed E-state index contributed by atoms with van der Waals surface area (Å²) in [5, 5.41) is 11.8. The average Bonchev–Trinajstić information content (AvgIpc) is 2.65. The number of carboxylic acid groups (broad SMARTS) is 1. The number of hydrogen-bond donors (Lipinski definition) is 2. The molecule has 1 aromatic rings. The van der Waals surface area contributed by atoms with Crippen LogP contribution in [0.25, 0.3) is 0 Å². The molecule has 0 bridgehead atoms. The third-order valence-corrected chi connectivity index (χ3v) is 3.86. The summed E-state index contributed by atoms with van der Waals surface area (Å²) in [5.74, 6) is -2.45. The molecule has 0 saturated carbocycles. The third-order valence-electron chi connectivity index (χ3n) is 3.86. The minimum atomic E-state index is -1.26. The summed E-state index contributed by atoms with van der Waals surface area (Å²) in [5.41, 5.74) is -0.918. The number of amidine groups is 1. The summed E-state index contributed by atoms with van der Waals surface area (Å²) in [4.78, 5) is 27.7. The Labute approximate surface area is 121 Å². The van der Waals surface area contributed by atoms with Crippen LogP contribution in [0, 0.1) is 18.7 Å². The van der Waals surface area contributed by atoms with Gasteiger partial charge in [-0.05, 0) is 37.5 Å². The first kappa shape index (κ1) is 15.2. The van der Waals surface area contributed by atoms with Gasteiger partial charge in [-0.2, -0.15) is 0 Å². The number of nitrogens with one attached hydrogen (secondary N) is 1. The van der Waals surface area contributed by atoms with Crippen LogP contribution in [-0.4, -0.2) is 28.4 Å². The second kappa shape index (κ2) is 4.95. The van der Waals surface area contributed by atoms with Crippen LogP contribution < -0.4 is 5.32 Å². The number of rotatable bonds is 3. The van der Waals surface area contributed by atoms with Gasteiger partial charge in [-0.25, -0.2) is 9.18 Å². The Hall–Kier alpha value is -2.24. The second-order valence-corrected chi connectivity index (χ2v) is 5.69. The Bertz CT molecular complexity index is 667. The fourth-order valence-corrected chi connectivity index (χ4v) is 2.21. The van der Waals surface area contributed by atoms with E-state index in [-0.39, 0.29) is 28.8 Å². The Balaban J connectivity index is 2.64. The lowest BCUT2D eigenvalue weighted by Crippen LogP contribution is -2.41. The Morgan fingerprint density at radius 2 is 2.05 bits per heavy atom. The number of aliphatic imine (C=N–C) groups is 1. The minimum Gasteiger partial charge on any atom is -0.478 e. The van der Waals surface area contributed by atoms with Gasteiger partial charge in [0.2, 0.25) is 0 Å². The summed E-state index contributed by atoms with van der Waals surface area (Å²) >= 11 is 0. The number of carbonyl (C=O) groups is 2. The van der Waals surface area contributed by atoms with Gasteiger partial charge in [0.25, 0.3) is 5.91 Å². The number of halogens is 1. The van der Waals surface area contributed by atoms with Gasteiger partial charge in [0, 0.05) is 0 Å². The molecule has 1 atom stereocenters. The fourth-order valence-electron chi connectivity index (χ4n) is 2.21. The molecule has 1 amide bonds. The number of carboxylic acids is 1. The highest BCUT2D eigenvalue weighted by atomic mass is 19.1. The van der Waals surface area contributed by atoms with Crippen LogP contribution in [0.3, 0.4) is 0 Å². The van der Waals surface area contributed by atoms with E-state index in [0.29, 0.717) is 5.56 Å². The average molecular weight is 292 g/mol. The molecule has 0 radical (unpaired) electrons. The number of nitrogens with zero attached hydrogens (tertiary/aromatic N) is 1. The molecule has 1 aromatic carbocycles. The summed E-state index contributed by atoms with van der Waals surface area (Å²) in [7, 11) is 0. The highest BCUT2D eigenvalue weighted by molar-refractivity contribution is 6.18. The number of amides is 1. The maximum atomic E-state index is 14.2. The van der Waals surface area contributed by atoms with E-state index >= 15 is 0 Å². The normalized spacial score (nSPS) is 21.4. The SMILES string of the molecule is Cc1cc(F)c(C2=NC(C)(C(C)C)C(=O)N2)c(C(=O)O)c1. The van der Waals surface area contributed by atoms with E-state index in [1.54, 1.807) is 13.8 Å². The predicted molar refractivity (Wildman–Crippen MR) is 76.0 cm³/mol. The van der Waals surface area contributed by atoms with Gasteiger partial charge in [0.15, 0.2) is 0 Å². The van der Waals surface area contributed by atoms with Crippen molar-refractivity contribution in [1.29, 1.82) is 0 Å². The van der Waals surface area contributed by atoms with Gasteiger partial charge < -0.3 is 10.4 Å². The van der Waals surface area contributed by atoms with Gasteiger partial charge >= 0.3 is 5.97 Å². The Morgan fingerprint density at radius 1 is 1.43 bits per heavy atom. The minimum absolute atomic E-state index is 0.0221. The predicted octanol–water partition coefficient (Wildman–Crippen LogP) is 2.12. The molecule has 2 rings (SSSR count). The first-order valence-electron chi connectivity index (χ1n) is 6.62. The van der Waals surface area contributed by atoms with Gasteiger partial charge in [0.1, 0.15) is 17.2 Å². The van der Waals surface area contributed by atoms with Crippen molar-refractivity contribution in [3.63, 3.8) is 0 Å². The molecule has 21 heavy (non-hydrogen) atoms. The van der Waals surface area contributed by atoms with Crippen LogP contribution >= 0.6 is 0 Å². The molecule has 0 fully saturated rings. The van der Waals surface area contributed by atoms with Crippen molar-refractivity contribution in [2.75, 3.05) is 0 Å². The Morgan fingerprint density at radius 3 is 2.52 bits per heavy atom. The van der Waals surface area contributed by atoms with E-state index in [9.17, 15) is 19.1 Å². The molecule has 1 aliphatic rings. The summed E-state index contributed by atoms with van der Waals surface area (Å²) in [6, 6.07) is 2.59. The Kier molecular flexibility index (Phi) is 3.57. The van der Waals surface area contributed by atoms with Crippen LogP contribution in [0.2, 0.25) is 0 Å². The molecule has 1 heterocycles. The number of aryl methyl sites for hydroxylation is 1. The monoisotopic (exact) mass is 292 g/mol. The molecule has 0 aromatic heterocycles. The van der Waals surface area contributed by atoms with E-state index in [1.807, 2.05) is 13.8 Å². The molecule has 5 nitrogen and oxygen atoms in total. The smallest absolute Gasteiger partial charge is 0.336 e. The van der Waals surface area contributed by atoms with Crippen molar-refractivity contribution in [2.45, 2.75) is 33.2 Å². The van der Waals surface area contributed by atoms with Crippen LogP contribution in [0.1, 0.15) is 42.3 Å². The van der Waals surface area contributed by atoms with Crippen molar-refractivity contribution in [3.8, 4) is 0 Å². The zero-order valence-corrected chi connectivity index (χ0v) is 12.3. The summed E-state index contributed by atoms with van der Waals surface area (Å²) in [6.45, 7) is 6.91. The maximum Gasteiger partial charge on any atom is 0.336 e. The third kappa shape index (κ3) is 2.41. The summed E-state index contributed by atoms with van der Waals surface area (Å²) in [6.07, 6.45) is 0. The first-order valence-corrected chi connectivity index (χ1v) is 6.62. The zero-order chi connectivity index (χ0) is 15.9. The highest BCUT2D eigenvalue weighted by Crippen LogP contribution is 2.28. The lowest BCUT2D eigenvalue weighted by atomic mass is 9.89. The van der Waals surface area contributed by atoms with Crippen molar-refractivity contribution >= 4 is 17.7 Å². The molecule has 2 N–H and O–H groups in total. The number of benzene rings is 1. The van der Waals surface area contributed by atoms with Crippen molar-refractivity contribution in [2.24, 2.45) is 10.9 Å². The van der Waals surface area contributed by atoms with E-state index in [1.165, 1.54) is 12.1 Å². The molecule has 1 unspecified atom stereocenters. The van der Waals surface area contributed by atoms with Crippen molar-refractivity contribution in [1.82, 2.24) is 5.32 Å². The van der Waals surface area contributed by atoms with E-state index in [4.69, 9.17) is 0 Å². The van der Waals surface area contributed by atoms with Gasteiger partial charge in [-0.15, -0.1) is 0 Å². The lowest BCUT2D eigenvalue weighted by Gasteiger charge is -2.21. The topological polar surface area (TPSA) is 78.8 Å². The molecule has 0 aliphatic carbocycles. The number of aromatic carboxylic acids is 1. The maximum absolute atomic E-state index is 14.2. The second-order valence-electron chi connectivity index (χ2n) is 5.69. The van der Waals surface area contributed by atoms with E-state index < -0.39 is 17.3 Å². The molecule has 1 aliphatic heterocycles. The number of carbonyl (C=O) groups excluding carboxylic acids is 1. The van der Waals surface area contributed by atoms with Gasteiger partial charge in [-0.3, -0.25) is 9.79 Å². The molecule has 0 spiro atoms. The fraction of sp³-hybridized carbons (Fsp3) is 0.400. The van der Waals surface area contributed by atoms with Crippen molar-refractivity contribution < 1.29 is 19.1 Å². The zero-order valence-electron chi connectivity index (χ0n) is 12.3. The van der Waals surface area contributed by atoms with Crippen molar-refractivity contribution in [3.05, 3.63) is 34.6 Å². The van der Waals surface area contributed by atoms with E-state index in [0.717, 1.165) is 0 Å².